The van der Waals surface area contributed by atoms with Crippen LogP contribution in [0.3, 0.4) is 0 Å². The summed E-state index contributed by atoms with van der Waals surface area (Å²) in [5.74, 6) is 0.668. The van der Waals surface area contributed by atoms with E-state index >= 15 is 0 Å². The first-order chi connectivity index (χ1) is 12.3. The average Bonchev–Trinajstić information content (AvgIpc) is 2.61. The van der Waals surface area contributed by atoms with Crippen molar-refractivity contribution >= 4 is 6.29 Å². The predicted octanol–water partition coefficient (Wildman–Crippen LogP) is 5.36. The number of rotatable bonds is 8. The van der Waals surface area contributed by atoms with Crippen molar-refractivity contribution in [1.29, 1.82) is 0 Å². The average molecular weight is 354 g/mol. The fourth-order valence-electron chi connectivity index (χ4n) is 2.80. The molecule has 0 aliphatic rings. The van der Waals surface area contributed by atoms with E-state index in [1.165, 1.54) is 5.56 Å². The molecular formula is C23H31NO2. The van der Waals surface area contributed by atoms with E-state index in [2.05, 4.69) is 51.8 Å². The molecule has 0 radical (unpaired) electrons. The number of hydrogen-bond donors (Lipinski definition) is 0. The van der Waals surface area contributed by atoms with Crippen LogP contribution in [0.2, 0.25) is 0 Å². The summed E-state index contributed by atoms with van der Waals surface area (Å²) >= 11 is 0. The molecule has 0 aromatic heterocycles. The lowest BCUT2D eigenvalue weighted by molar-refractivity contribution is 0.111. The number of benzene rings is 2. The smallest absolute Gasteiger partial charge is 0.153 e. The van der Waals surface area contributed by atoms with Crippen molar-refractivity contribution in [2.24, 2.45) is 0 Å². The van der Waals surface area contributed by atoms with Gasteiger partial charge in [0.25, 0.3) is 0 Å². The van der Waals surface area contributed by atoms with Crippen LogP contribution in [0.15, 0.2) is 42.5 Å². The number of aldehydes is 1. The van der Waals surface area contributed by atoms with E-state index in [-0.39, 0.29) is 5.54 Å². The molecule has 0 saturated heterocycles. The number of nitrogens with zero attached hydrogens (tertiary/aromatic N) is 1. The van der Waals surface area contributed by atoms with Crippen LogP contribution in [0.1, 0.15) is 49.5 Å². The minimum Gasteiger partial charge on any atom is -0.493 e. The van der Waals surface area contributed by atoms with E-state index in [9.17, 15) is 4.79 Å². The summed E-state index contributed by atoms with van der Waals surface area (Å²) in [6.07, 6.45) is 2.92. The highest BCUT2D eigenvalue weighted by atomic mass is 16.5. The summed E-state index contributed by atoms with van der Waals surface area (Å²) in [5, 5.41) is 0. The molecule has 0 fully saturated rings. The minimum atomic E-state index is 0.191. The zero-order chi connectivity index (χ0) is 19.2. The molecule has 3 heteroatoms. The highest BCUT2D eigenvalue weighted by molar-refractivity contribution is 5.83. The zero-order valence-corrected chi connectivity index (χ0v) is 16.7. The fourth-order valence-corrected chi connectivity index (χ4v) is 2.80. The number of unbranched alkanes of at least 4 members (excludes halogenated alkanes) is 1. The van der Waals surface area contributed by atoms with Crippen molar-refractivity contribution in [2.45, 2.75) is 46.1 Å². The van der Waals surface area contributed by atoms with Crippen molar-refractivity contribution in [1.82, 2.24) is 4.90 Å². The SMILES string of the molecule is Cc1ccccc1-c1ccc(OCCCCN(C)C(C)(C)C)c(C=O)c1. The van der Waals surface area contributed by atoms with E-state index in [4.69, 9.17) is 4.74 Å². The van der Waals surface area contributed by atoms with Crippen LogP contribution >= 0.6 is 0 Å². The van der Waals surface area contributed by atoms with Gasteiger partial charge in [-0.2, -0.15) is 0 Å². The Kier molecular flexibility index (Phi) is 6.98. The van der Waals surface area contributed by atoms with Crippen LogP contribution in [-0.2, 0) is 0 Å². The minimum absolute atomic E-state index is 0.191. The summed E-state index contributed by atoms with van der Waals surface area (Å²) < 4.78 is 5.87. The van der Waals surface area contributed by atoms with Gasteiger partial charge in [0, 0.05) is 5.54 Å². The van der Waals surface area contributed by atoms with Crippen molar-refractivity contribution in [3.8, 4) is 16.9 Å². The highest BCUT2D eigenvalue weighted by Gasteiger charge is 2.15. The second kappa shape index (κ2) is 9.00. The van der Waals surface area contributed by atoms with Gasteiger partial charge >= 0.3 is 0 Å². The fraction of sp³-hybridized carbons (Fsp3) is 0.435. The summed E-state index contributed by atoms with van der Waals surface area (Å²) in [5.41, 5.74) is 4.19. The number of aryl methyl sites for hydroxylation is 1. The monoisotopic (exact) mass is 353 g/mol. The van der Waals surface area contributed by atoms with Gasteiger partial charge in [-0.25, -0.2) is 0 Å². The van der Waals surface area contributed by atoms with Crippen LogP contribution in [0.4, 0.5) is 0 Å². The Morgan fingerprint density at radius 1 is 1.08 bits per heavy atom. The van der Waals surface area contributed by atoms with Gasteiger partial charge in [-0.05, 0) is 83.0 Å². The van der Waals surface area contributed by atoms with Gasteiger partial charge in [0.2, 0.25) is 0 Å². The molecule has 26 heavy (non-hydrogen) atoms. The second-order valence-electron chi connectivity index (χ2n) is 7.83. The normalized spacial score (nSPS) is 11.6. The molecule has 0 bridgehead atoms. The molecule has 0 atom stereocenters. The van der Waals surface area contributed by atoms with Crippen LogP contribution in [0, 0.1) is 6.92 Å². The van der Waals surface area contributed by atoms with Crippen LogP contribution in [0.5, 0.6) is 5.75 Å². The van der Waals surface area contributed by atoms with E-state index in [1.54, 1.807) is 0 Å². The molecule has 2 aromatic carbocycles. The number of carbonyl (C=O) groups is 1. The topological polar surface area (TPSA) is 29.5 Å². The Hall–Kier alpha value is -2.13. The molecule has 0 aliphatic heterocycles. The van der Waals surface area contributed by atoms with E-state index in [0.717, 1.165) is 36.8 Å². The van der Waals surface area contributed by atoms with Crippen LogP contribution < -0.4 is 4.74 Å². The molecular weight excluding hydrogens is 322 g/mol. The molecule has 0 amide bonds. The van der Waals surface area contributed by atoms with Gasteiger partial charge < -0.3 is 9.64 Å². The Bertz CT molecular complexity index is 731. The molecule has 0 N–H and O–H groups in total. The molecule has 2 rings (SSSR count). The lowest BCUT2D eigenvalue weighted by Crippen LogP contribution is -2.38. The first-order valence-corrected chi connectivity index (χ1v) is 9.32. The summed E-state index contributed by atoms with van der Waals surface area (Å²) in [6, 6.07) is 14.0. The Balaban J connectivity index is 1.94. The first kappa shape index (κ1) is 20.2. The molecule has 0 aliphatic carbocycles. The Morgan fingerprint density at radius 2 is 1.81 bits per heavy atom. The van der Waals surface area contributed by atoms with Gasteiger partial charge in [-0.15, -0.1) is 0 Å². The lowest BCUT2D eigenvalue weighted by Gasteiger charge is -2.31. The third-order valence-electron chi connectivity index (χ3n) is 4.88. The summed E-state index contributed by atoms with van der Waals surface area (Å²) in [6.45, 7) is 10.4. The van der Waals surface area contributed by atoms with Crippen molar-refractivity contribution in [3.05, 3.63) is 53.6 Å². The van der Waals surface area contributed by atoms with Crippen LogP contribution in [0.25, 0.3) is 11.1 Å². The van der Waals surface area contributed by atoms with E-state index in [0.29, 0.717) is 17.9 Å². The van der Waals surface area contributed by atoms with Crippen LogP contribution in [-0.4, -0.2) is 36.9 Å². The van der Waals surface area contributed by atoms with E-state index < -0.39 is 0 Å². The standard InChI is InChI=1S/C23H31NO2/c1-18-10-6-7-11-21(18)19-12-13-22(20(16-19)17-25)26-15-9-8-14-24(5)23(2,3)4/h6-7,10-13,16-17H,8-9,14-15H2,1-5H3. The van der Waals surface area contributed by atoms with Gasteiger partial charge in [0.05, 0.1) is 12.2 Å². The van der Waals surface area contributed by atoms with Crippen molar-refractivity contribution in [2.75, 3.05) is 20.2 Å². The predicted molar refractivity (Wildman–Crippen MR) is 109 cm³/mol. The molecule has 0 heterocycles. The number of ether oxygens (including phenoxy) is 1. The lowest BCUT2D eigenvalue weighted by atomic mass is 9.99. The quantitative estimate of drug-likeness (QED) is 0.472. The highest BCUT2D eigenvalue weighted by Crippen LogP contribution is 2.28. The maximum Gasteiger partial charge on any atom is 0.153 e. The Morgan fingerprint density at radius 3 is 2.46 bits per heavy atom. The third kappa shape index (κ3) is 5.43. The molecule has 0 spiro atoms. The van der Waals surface area contributed by atoms with Gasteiger partial charge in [0.15, 0.2) is 6.29 Å². The number of carbonyl (C=O) groups excluding carboxylic acids is 1. The summed E-state index contributed by atoms with van der Waals surface area (Å²) in [4.78, 5) is 13.8. The molecule has 3 nitrogen and oxygen atoms in total. The summed E-state index contributed by atoms with van der Waals surface area (Å²) in [7, 11) is 2.15. The molecule has 0 unspecified atom stereocenters. The second-order valence-corrected chi connectivity index (χ2v) is 7.83. The maximum atomic E-state index is 11.5. The maximum absolute atomic E-state index is 11.5. The van der Waals surface area contributed by atoms with E-state index in [1.807, 2.05) is 30.3 Å². The van der Waals surface area contributed by atoms with Gasteiger partial charge in [-0.3, -0.25) is 4.79 Å². The number of hydrogen-bond acceptors (Lipinski definition) is 3. The van der Waals surface area contributed by atoms with Gasteiger partial charge in [0.1, 0.15) is 5.75 Å². The molecule has 0 saturated carbocycles. The zero-order valence-electron chi connectivity index (χ0n) is 16.7. The third-order valence-corrected chi connectivity index (χ3v) is 4.88. The molecule has 2 aromatic rings. The first-order valence-electron chi connectivity index (χ1n) is 9.32. The van der Waals surface area contributed by atoms with Gasteiger partial charge in [-0.1, -0.05) is 30.3 Å². The Labute approximate surface area is 158 Å². The molecule has 140 valence electrons. The van der Waals surface area contributed by atoms with Crippen molar-refractivity contribution < 1.29 is 9.53 Å². The largest absolute Gasteiger partial charge is 0.493 e. The van der Waals surface area contributed by atoms with Crippen molar-refractivity contribution in [3.63, 3.8) is 0 Å².